The van der Waals surface area contributed by atoms with E-state index in [1.807, 2.05) is 19.4 Å². The van der Waals surface area contributed by atoms with Crippen LogP contribution in [0.15, 0.2) is 12.4 Å². The molecule has 1 aromatic rings. The highest BCUT2D eigenvalue weighted by atomic mass is 16.5. The van der Waals surface area contributed by atoms with Crippen LogP contribution in [0.2, 0.25) is 0 Å². The van der Waals surface area contributed by atoms with Crippen LogP contribution in [0.1, 0.15) is 33.0 Å². The number of aromatic nitrogens is 2. The minimum absolute atomic E-state index is 0.154. The van der Waals surface area contributed by atoms with Gasteiger partial charge in [-0.1, -0.05) is 6.92 Å². The van der Waals surface area contributed by atoms with E-state index in [1.165, 1.54) is 0 Å². The van der Waals surface area contributed by atoms with Gasteiger partial charge >= 0.3 is 0 Å². The maximum absolute atomic E-state index is 5.66. The first-order valence-corrected chi connectivity index (χ1v) is 6.33. The quantitative estimate of drug-likeness (QED) is 0.789. The van der Waals surface area contributed by atoms with Gasteiger partial charge in [0.1, 0.15) is 5.82 Å². The Morgan fingerprint density at radius 2 is 2.24 bits per heavy atom. The molecule has 0 saturated carbocycles. The van der Waals surface area contributed by atoms with E-state index in [0.29, 0.717) is 0 Å². The number of hydrogen-bond acceptors (Lipinski definition) is 3. The Kier molecular flexibility index (Phi) is 5.15. The Labute approximate surface area is 104 Å². The maximum atomic E-state index is 5.66. The van der Waals surface area contributed by atoms with Crippen molar-refractivity contribution in [3.8, 4) is 0 Å². The minimum Gasteiger partial charge on any atom is -0.377 e. The second kappa shape index (κ2) is 6.17. The largest absolute Gasteiger partial charge is 0.377 e. The fourth-order valence-corrected chi connectivity index (χ4v) is 2.16. The average molecular weight is 239 g/mol. The van der Waals surface area contributed by atoms with Crippen molar-refractivity contribution in [2.75, 3.05) is 14.2 Å². The SMILES string of the molecule is CCn1ccnc1CC(NC)C(C)(CC)OC. The van der Waals surface area contributed by atoms with Crippen LogP contribution in [0.5, 0.6) is 0 Å². The number of methoxy groups -OCH3 is 1. The monoisotopic (exact) mass is 239 g/mol. The number of ether oxygens (including phenoxy) is 1. The van der Waals surface area contributed by atoms with E-state index in [4.69, 9.17) is 4.74 Å². The summed E-state index contributed by atoms with van der Waals surface area (Å²) in [4.78, 5) is 4.42. The topological polar surface area (TPSA) is 39.1 Å². The van der Waals surface area contributed by atoms with Crippen LogP contribution in [0, 0.1) is 0 Å². The standard InChI is InChI=1S/C13H25N3O/c1-6-13(3,17-5)11(14-4)10-12-15-8-9-16(12)7-2/h8-9,11,14H,6-7,10H2,1-5H3. The molecule has 0 amide bonds. The van der Waals surface area contributed by atoms with E-state index in [2.05, 4.69) is 35.6 Å². The number of likely N-dealkylation sites (N-methyl/N-ethyl adjacent to an activating group) is 1. The lowest BCUT2D eigenvalue weighted by Crippen LogP contribution is -2.50. The number of imidazole rings is 1. The number of nitrogens with one attached hydrogen (secondary N) is 1. The van der Waals surface area contributed by atoms with Crippen molar-refractivity contribution in [2.24, 2.45) is 0 Å². The Morgan fingerprint density at radius 3 is 2.71 bits per heavy atom. The van der Waals surface area contributed by atoms with Crippen molar-refractivity contribution >= 4 is 0 Å². The van der Waals surface area contributed by atoms with Gasteiger partial charge in [0.15, 0.2) is 0 Å². The number of aryl methyl sites for hydroxylation is 1. The van der Waals surface area contributed by atoms with E-state index in [0.717, 1.165) is 25.2 Å². The zero-order chi connectivity index (χ0) is 12.9. The molecule has 0 aliphatic heterocycles. The summed E-state index contributed by atoms with van der Waals surface area (Å²) in [6.45, 7) is 7.39. The molecule has 2 atom stereocenters. The third-order valence-electron chi connectivity index (χ3n) is 3.78. The molecule has 1 heterocycles. The summed E-state index contributed by atoms with van der Waals surface area (Å²) in [5.74, 6) is 1.11. The highest BCUT2D eigenvalue weighted by Gasteiger charge is 2.32. The minimum atomic E-state index is -0.154. The molecule has 0 saturated heterocycles. The Morgan fingerprint density at radius 1 is 1.53 bits per heavy atom. The number of rotatable bonds is 7. The van der Waals surface area contributed by atoms with Crippen molar-refractivity contribution in [1.29, 1.82) is 0 Å². The van der Waals surface area contributed by atoms with Crippen LogP contribution in [-0.2, 0) is 17.7 Å². The predicted octanol–water partition coefficient (Wildman–Crippen LogP) is 1.85. The molecular formula is C13H25N3O. The van der Waals surface area contributed by atoms with E-state index < -0.39 is 0 Å². The Bertz CT molecular complexity index is 331. The van der Waals surface area contributed by atoms with Gasteiger partial charge in [0.25, 0.3) is 0 Å². The summed E-state index contributed by atoms with van der Waals surface area (Å²) >= 11 is 0. The summed E-state index contributed by atoms with van der Waals surface area (Å²) in [6.07, 6.45) is 5.75. The molecule has 0 radical (unpaired) electrons. The highest BCUT2D eigenvalue weighted by Crippen LogP contribution is 2.21. The average Bonchev–Trinajstić information content (AvgIpc) is 2.82. The lowest BCUT2D eigenvalue weighted by molar-refractivity contribution is -0.0274. The first-order chi connectivity index (χ1) is 8.11. The molecule has 98 valence electrons. The van der Waals surface area contributed by atoms with Gasteiger partial charge in [-0.15, -0.1) is 0 Å². The molecule has 0 fully saturated rings. The Balaban J connectivity index is 2.83. The van der Waals surface area contributed by atoms with Crippen LogP contribution in [0.3, 0.4) is 0 Å². The molecule has 0 aliphatic carbocycles. The molecule has 0 aromatic carbocycles. The van der Waals surface area contributed by atoms with Crippen molar-refractivity contribution in [2.45, 2.75) is 51.8 Å². The molecule has 1 rings (SSSR count). The third-order valence-corrected chi connectivity index (χ3v) is 3.78. The highest BCUT2D eigenvalue weighted by molar-refractivity contribution is 5.00. The van der Waals surface area contributed by atoms with Gasteiger partial charge in [-0.2, -0.15) is 0 Å². The zero-order valence-electron chi connectivity index (χ0n) is 11.7. The van der Waals surface area contributed by atoms with Crippen LogP contribution in [0.4, 0.5) is 0 Å². The van der Waals surface area contributed by atoms with Crippen molar-refractivity contribution in [1.82, 2.24) is 14.9 Å². The van der Waals surface area contributed by atoms with Gasteiger partial charge in [-0.25, -0.2) is 4.98 Å². The second-order valence-corrected chi connectivity index (χ2v) is 4.55. The van der Waals surface area contributed by atoms with Crippen LogP contribution in [0.25, 0.3) is 0 Å². The normalized spacial score (nSPS) is 16.8. The molecule has 0 bridgehead atoms. The lowest BCUT2D eigenvalue weighted by Gasteiger charge is -2.35. The summed E-state index contributed by atoms with van der Waals surface area (Å²) in [7, 11) is 3.76. The summed E-state index contributed by atoms with van der Waals surface area (Å²) < 4.78 is 7.84. The maximum Gasteiger partial charge on any atom is 0.110 e. The zero-order valence-corrected chi connectivity index (χ0v) is 11.7. The molecule has 17 heavy (non-hydrogen) atoms. The van der Waals surface area contributed by atoms with Crippen LogP contribution < -0.4 is 5.32 Å². The van der Waals surface area contributed by atoms with Gasteiger partial charge in [-0.05, 0) is 27.3 Å². The summed E-state index contributed by atoms with van der Waals surface area (Å²) in [5.41, 5.74) is -0.154. The van der Waals surface area contributed by atoms with E-state index in [1.54, 1.807) is 7.11 Å². The van der Waals surface area contributed by atoms with Gasteiger partial charge < -0.3 is 14.6 Å². The van der Waals surface area contributed by atoms with Gasteiger partial charge in [0.2, 0.25) is 0 Å². The fraction of sp³-hybridized carbons (Fsp3) is 0.769. The van der Waals surface area contributed by atoms with Gasteiger partial charge in [0, 0.05) is 38.5 Å². The second-order valence-electron chi connectivity index (χ2n) is 4.55. The van der Waals surface area contributed by atoms with Crippen LogP contribution >= 0.6 is 0 Å². The number of hydrogen-bond donors (Lipinski definition) is 1. The smallest absolute Gasteiger partial charge is 0.110 e. The molecule has 0 aliphatic rings. The molecule has 1 aromatic heterocycles. The van der Waals surface area contributed by atoms with Crippen molar-refractivity contribution in [3.63, 3.8) is 0 Å². The molecule has 0 spiro atoms. The number of nitrogens with zero attached hydrogens (tertiary/aromatic N) is 2. The molecule has 4 heteroatoms. The van der Waals surface area contributed by atoms with Crippen molar-refractivity contribution < 1.29 is 4.74 Å². The third kappa shape index (κ3) is 3.07. The molecule has 4 nitrogen and oxygen atoms in total. The van der Waals surface area contributed by atoms with Gasteiger partial charge in [-0.3, -0.25) is 0 Å². The molecule has 1 N–H and O–H groups in total. The molecule has 2 unspecified atom stereocenters. The Hall–Kier alpha value is -0.870. The van der Waals surface area contributed by atoms with Crippen molar-refractivity contribution in [3.05, 3.63) is 18.2 Å². The fourth-order valence-electron chi connectivity index (χ4n) is 2.16. The molecular weight excluding hydrogens is 214 g/mol. The summed E-state index contributed by atoms with van der Waals surface area (Å²) in [5, 5.41) is 3.36. The van der Waals surface area contributed by atoms with Crippen LogP contribution in [-0.4, -0.2) is 35.4 Å². The van der Waals surface area contributed by atoms with Gasteiger partial charge in [0.05, 0.1) is 5.60 Å². The lowest BCUT2D eigenvalue weighted by atomic mass is 9.90. The van der Waals surface area contributed by atoms with E-state index in [9.17, 15) is 0 Å². The first kappa shape index (κ1) is 14.2. The van der Waals surface area contributed by atoms with E-state index in [-0.39, 0.29) is 11.6 Å². The van der Waals surface area contributed by atoms with E-state index >= 15 is 0 Å². The predicted molar refractivity (Wildman–Crippen MR) is 70.2 cm³/mol. The first-order valence-electron chi connectivity index (χ1n) is 6.33. The summed E-state index contributed by atoms with van der Waals surface area (Å²) in [6, 6.07) is 0.269.